The van der Waals surface area contributed by atoms with Gasteiger partial charge in [0.15, 0.2) is 6.10 Å². The fourth-order valence-corrected chi connectivity index (χ4v) is 8.24. The molecule has 14 heteroatoms. The zero-order valence-corrected chi connectivity index (χ0v) is 29.8. The number of piperazine rings is 1. The predicted octanol–water partition coefficient (Wildman–Crippen LogP) is 3.71. The highest BCUT2D eigenvalue weighted by Gasteiger charge is 2.38. The fourth-order valence-electron chi connectivity index (χ4n) is 8.24. The van der Waals surface area contributed by atoms with E-state index in [1.165, 1.54) is 0 Å². The number of ether oxygens (including phenoxy) is 1. The molecule has 51 heavy (non-hydrogen) atoms. The SMILES string of the molecule is Cc1cc(CC(OC(=O)N2CCC(N3CCc4ccccc4NC3=O)CC2)C(=O)N2CCC(N3CCN(C(=O)NO)C[C@H]3C)CC2)cc(C)c1O. The lowest BCUT2D eigenvalue weighted by atomic mass is 9.97. The molecule has 0 saturated carbocycles. The average Bonchev–Trinajstić information content (AvgIpc) is 3.31. The fraction of sp³-hybridized carbons (Fsp3) is 0.568. The van der Waals surface area contributed by atoms with Gasteiger partial charge in [0, 0.05) is 82.6 Å². The van der Waals surface area contributed by atoms with Gasteiger partial charge in [-0.3, -0.25) is 14.9 Å². The van der Waals surface area contributed by atoms with Crippen LogP contribution in [-0.4, -0.2) is 135 Å². The van der Waals surface area contributed by atoms with E-state index in [4.69, 9.17) is 9.94 Å². The number of carbonyl (C=O) groups excluding carboxylic acids is 4. The summed E-state index contributed by atoms with van der Waals surface area (Å²) < 4.78 is 6.05. The molecular weight excluding hydrogens is 654 g/mol. The number of aryl methyl sites for hydroxylation is 2. The van der Waals surface area contributed by atoms with Crippen LogP contribution in [-0.2, 0) is 22.4 Å². The van der Waals surface area contributed by atoms with Crippen LogP contribution >= 0.6 is 0 Å². The molecule has 2 atom stereocenters. The molecule has 0 aliphatic carbocycles. The number of urea groups is 2. The molecule has 276 valence electrons. The van der Waals surface area contributed by atoms with Crippen molar-refractivity contribution < 1.29 is 34.2 Å². The number of nitrogens with one attached hydrogen (secondary N) is 2. The summed E-state index contributed by atoms with van der Waals surface area (Å²) in [7, 11) is 0. The zero-order valence-electron chi connectivity index (χ0n) is 29.8. The summed E-state index contributed by atoms with van der Waals surface area (Å²) in [6, 6.07) is 11.2. The lowest BCUT2D eigenvalue weighted by molar-refractivity contribution is -0.142. The second-order valence-electron chi connectivity index (χ2n) is 14.4. The Morgan fingerprint density at radius 3 is 2.22 bits per heavy atom. The van der Waals surface area contributed by atoms with Gasteiger partial charge < -0.3 is 34.8 Å². The molecule has 3 fully saturated rings. The highest BCUT2D eigenvalue weighted by molar-refractivity contribution is 5.91. The third-order valence-corrected chi connectivity index (χ3v) is 11.1. The number of para-hydroxylation sites is 1. The second kappa shape index (κ2) is 15.8. The summed E-state index contributed by atoms with van der Waals surface area (Å²) in [4.78, 5) is 62.1. The minimum atomic E-state index is -1.04. The molecule has 4 aliphatic heterocycles. The van der Waals surface area contributed by atoms with E-state index < -0.39 is 18.2 Å². The number of anilines is 1. The normalized spacial score (nSPS) is 21.4. The average molecular weight is 706 g/mol. The predicted molar refractivity (Wildman–Crippen MR) is 190 cm³/mol. The summed E-state index contributed by atoms with van der Waals surface area (Å²) in [6.07, 6.45) is 2.09. The van der Waals surface area contributed by atoms with Gasteiger partial charge >= 0.3 is 18.2 Å². The first-order chi connectivity index (χ1) is 24.5. The number of phenolic OH excluding ortho intramolecular Hbond substituents is 1. The van der Waals surface area contributed by atoms with Crippen LogP contribution in [0.15, 0.2) is 36.4 Å². The Morgan fingerprint density at radius 2 is 1.55 bits per heavy atom. The monoisotopic (exact) mass is 705 g/mol. The summed E-state index contributed by atoms with van der Waals surface area (Å²) >= 11 is 0. The van der Waals surface area contributed by atoms with Crippen LogP contribution in [0.25, 0.3) is 0 Å². The Hall–Kier alpha value is -4.56. The van der Waals surface area contributed by atoms with E-state index in [9.17, 15) is 24.3 Å². The molecule has 3 saturated heterocycles. The molecule has 1 unspecified atom stereocenters. The van der Waals surface area contributed by atoms with Crippen molar-refractivity contribution in [3.8, 4) is 5.75 Å². The van der Waals surface area contributed by atoms with E-state index in [1.54, 1.807) is 20.2 Å². The third kappa shape index (κ3) is 8.17. The lowest BCUT2D eigenvalue weighted by Crippen LogP contribution is -2.60. The first-order valence-corrected chi connectivity index (χ1v) is 18.2. The summed E-state index contributed by atoms with van der Waals surface area (Å²) in [5.74, 6) is -0.0315. The van der Waals surface area contributed by atoms with E-state index in [0.717, 1.165) is 36.1 Å². The largest absolute Gasteiger partial charge is 0.507 e. The summed E-state index contributed by atoms with van der Waals surface area (Å²) in [5.41, 5.74) is 5.85. The van der Waals surface area contributed by atoms with E-state index in [1.807, 2.05) is 55.1 Å². The zero-order chi connectivity index (χ0) is 36.2. The summed E-state index contributed by atoms with van der Waals surface area (Å²) in [6.45, 7) is 9.84. The Labute approximate surface area is 299 Å². The van der Waals surface area contributed by atoms with Crippen molar-refractivity contribution in [3.05, 3.63) is 58.7 Å². The smallest absolute Gasteiger partial charge is 0.410 e. The number of rotatable bonds is 6. The van der Waals surface area contributed by atoms with Gasteiger partial charge in [-0.25, -0.2) is 19.9 Å². The molecule has 2 aromatic rings. The molecule has 0 spiro atoms. The molecule has 6 amide bonds. The van der Waals surface area contributed by atoms with Gasteiger partial charge in [-0.1, -0.05) is 30.3 Å². The van der Waals surface area contributed by atoms with Gasteiger partial charge in [0.2, 0.25) is 0 Å². The van der Waals surface area contributed by atoms with E-state index >= 15 is 0 Å². The van der Waals surface area contributed by atoms with Crippen LogP contribution < -0.4 is 10.8 Å². The molecule has 0 bridgehead atoms. The number of benzene rings is 2. The third-order valence-electron chi connectivity index (χ3n) is 11.1. The Bertz CT molecular complexity index is 1580. The highest BCUT2D eigenvalue weighted by atomic mass is 16.6. The second-order valence-corrected chi connectivity index (χ2v) is 14.4. The Balaban J connectivity index is 1.08. The molecule has 14 nitrogen and oxygen atoms in total. The number of piperidine rings is 2. The summed E-state index contributed by atoms with van der Waals surface area (Å²) in [5, 5.41) is 22.4. The molecule has 0 radical (unpaired) electrons. The number of hydrogen-bond donors (Lipinski definition) is 4. The number of hydrogen-bond acceptors (Lipinski definition) is 8. The molecule has 4 heterocycles. The van der Waals surface area contributed by atoms with Crippen LogP contribution in [0.1, 0.15) is 54.9 Å². The van der Waals surface area contributed by atoms with Crippen molar-refractivity contribution in [2.24, 2.45) is 0 Å². The molecule has 4 aliphatic rings. The Morgan fingerprint density at radius 1 is 0.902 bits per heavy atom. The number of amides is 6. The Kier molecular flexibility index (Phi) is 11.2. The number of carbonyl (C=O) groups is 4. The van der Waals surface area contributed by atoms with Crippen LogP contribution in [0.2, 0.25) is 0 Å². The number of aromatic hydroxyl groups is 1. The van der Waals surface area contributed by atoms with E-state index in [2.05, 4.69) is 17.1 Å². The van der Waals surface area contributed by atoms with Gasteiger partial charge in [0.1, 0.15) is 5.75 Å². The molecule has 4 N–H and O–H groups in total. The maximum absolute atomic E-state index is 14.1. The minimum absolute atomic E-state index is 0.0115. The number of likely N-dealkylation sites (tertiary alicyclic amines) is 2. The highest BCUT2D eigenvalue weighted by Crippen LogP contribution is 2.28. The van der Waals surface area contributed by atoms with Crippen LogP contribution in [0.4, 0.5) is 20.1 Å². The van der Waals surface area contributed by atoms with Gasteiger partial charge in [-0.15, -0.1) is 0 Å². The molecular formula is C37H51N7O7. The van der Waals surface area contributed by atoms with Crippen molar-refractivity contribution >= 4 is 29.8 Å². The van der Waals surface area contributed by atoms with Crippen molar-refractivity contribution in [1.29, 1.82) is 0 Å². The van der Waals surface area contributed by atoms with Crippen LogP contribution in [0.3, 0.4) is 0 Å². The van der Waals surface area contributed by atoms with E-state index in [0.29, 0.717) is 76.3 Å². The molecule has 2 aromatic carbocycles. The van der Waals surface area contributed by atoms with Crippen molar-refractivity contribution in [2.45, 2.75) is 83.5 Å². The van der Waals surface area contributed by atoms with Crippen LogP contribution in [0.5, 0.6) is 5.75 Å². The van der Waals surface area contributed by atoms with Gasteiger partial charge in [0.25, 0.3) is 5.91 Å². The lowest BCUT2D eigenvalue weighted by Gasteiger charge is -2.46. The maximum Gasteiger partial charge on any atom is 0.410 e. The molecule has 6 rings (SSSR count). The first kappa shape index (κ1) is 36.2. The van der Waals surface area contributed by atoms with Gasteiger partial charge in [-0.05, 0) is 81.2 Å². The maximum atomic E-state index is 14.1. The minimum Gasteiger partial charge on any atom is -0.507 e. The number of phenols is 1. The van der Waals surface area contributed by atoms with E-state index in [-0.39, 0.29) is 42.2 Å². The van der Waals surface area contributed by atoms with Crippen molar-refractivity contribution in [2.75, 3.05) is 57.7 Å². The number of hydroxylamine groups is 1. The quantitative estimate of drug-likeness (QED) is 0.262. The van der Waals surface area contributed by atoms with Crippen LogP contribution in [0, 0.1) is 13.8 Å². The molecule has 0 aromatic heterocycles. The van der Waals surface area contributed by atoms with Gasteiger partial charge in [-0.2, -0.15) is 0 Å². The number of nitrogens with zero attached hydrogens (tertiary/aromatic N) is 5. The standard InChI is InChI=1S/C37H51N7O7/c1-24-20-27(21-25(2)33(24)45)22-32(34(46)40-13-9-29(10-14-40)43-19-18-42(23-26(43)3)36(48)39-50)51-37(49)41-15-11-30(12-16-41)44-17-8-28-6-4-5-7-31(28)38-35(44)47/h4-7,20-21,26,29-30,32,45,50H,8-19,22-23H2,1-3H3,(H,38,47)(H,39,48)/t26-,32?/m1/s1. The van der Waals surface area contributed by atoms with Crippen molar-refractivity contribution in [3.63, 3.8) is 0 Å². The first-order valence-electron chi connectivity index (χ1n) is 18.2. The number of fused-ring (bicyclic) bond motifs is 1. The van der Waals surface area contributed by atoms with Crippen molar-refractivity contribution in [1.82, 2.24) is 30.0 Å². The topological polar surface area (TPSA) is 158 Å². The van der Waals surface area contributed by atoms with Gasteiger partial charge in [0.05, 0.1) is 0 Å².